The van der Waals surface area contributed by atoms with Crippen molar-refractivity contribution in [1.29, 1.82) is 0 Å². The minimum Gasteiger partial charge on any atom is -0.465 e. The Morgan fingerprint density at radius 2 is 2.11 bits per heavy atom. The Morgan fingerprint density at radius 1 is 1.42 bits per heavy atom. The third-order valence-corrected chi connectivity index (χ3v) is 3.96. The molecule has 0 atom stereocenters. The van der Waals surface area contributed by atoms with Crippen molar-refractivity contribution in [1.82, 2.24) is 0 Å². The molecule has 0 unspecified atom stereocenters. The molecule has 0 saturated carbocycles. The summed E-state index contributed by atoms with van der Waals surface area (Å²) in [6.45, 7) is 4.22. The number of nitrogens with two attached hydrogens (primary N) is 1. The summed E-state index contributed by atoms with van der Waals surface area (Å²) < 4.78 is 4.84. The predicted octanol–water partition coefficient (Wildman–Crippen LogP) is 2.68. The summed E-state index contributed by atoms with van der Waals surface area (Å²) in [6.07, 6.45) is 3.60. The fourth-order valence-electron chi connectivity index (χ4n) is 2.68. The number of esters is 1. The van der Waals surface area contributed by atoms with Gasteiger partial charge in [0.15, 0.2) is 0 Å². The molecular formula is C15H22N2O2. The monoisotopic (exact) mass is 262 g/mol. The summed E-state index contributed by atoms with van der Waals surface area (Å²) in [4.78, 5) is 14.1. The molecule has 1 saturated heterocycles. The van der Waals surface area contributed by atoms with Gasteiger partial charge in [-0.3, -0.25) is 0 Å². The fraction of sp³-hybridized carbons (Fsp3) is 0.533. The van der Waals surface area contributed by atoms with Gasteiger partial charge in [0.1, 0.15) is 0 Å². The molecule has 4 nitrogen and oxygen atoms in total. The van der Waals surface area contributed by atoms with Crippen molar-refractivity contribution in [3.8, 4) is 0 Å². The number of ether oxygens (including phenoxy) is 1. The minimum absolute atomic E-state index is 0.320. The lowest BCUT2D eigenvalue weighted by Crippen LogP contribution is -2.34. The zero-order valence-corrected chi connectivity index (χ0v) is 11.7. The molecule has 19 heavy (non-hydrogen) atoms. The van der Waals surface area contributed by atoms with Crippen LogP contribution in [0.1, 0.15) is 36.5 Å². The highest BCUT2D eigenvalue weighted by atomic mass is 16.5. The third kappa shape index (κ3) is 3.00. The molecule has 1 fully saturated rings. The number of hydrogen-bond donors (Lipinski definition) is 1. The number of nitrogens with zero attached hydrogens (tertiary/aromatic N) is 1. The molecule has 0 bridgehead atoms. The van der Waals surface area contributed by atoms with Crippen molar-refractivity contribution in [2.45, 2.75) is 26.2 Å². The summed E-state index contributed by atoms with van der Waals surface area (Å²) >= 11 is 0. The van der Waals surface area contributed by atoms with E-state index in [1.807, 2.05) is 12.1 Å². The van der Waals surface area contributed by atoms with E-state index >= 15 is 0 Å². The molecular weight excluding hydrogens is 240 g/mol. The normalized spacial score (nSPS) is 16.4. The molecule has 0 amide bonds. The maximum atomic E-state index is 11.8. The van der Waals surface area contributed by atoms with E-state index in [1.165, 1.54) is 26.4 Å². The van der Waals surface area contributed by atoms with Crippen molar-refractivity contribution in [2.24, 2.45) is 5.92 Å². The largest absolute Gasteiger partial charge is 0.465 e. The van der Waals surface area contributed by atoms with Gasteiger partial charge in [-0.05, 0) is 37.0 Å². The first kappa shape index (κ1) is 13.7. The maximum absolute atomic E-state index is 11.8. The minimum atomic E-state index is -0.320. The van der Waals surface area contributed by atoms with E-state index in [0.29, 0.717) is 11.3 Å². The lowest BCUT2D eigenvalue weighted by atomic mass is 9.93. The first-order valence-electron chi connectivity index (χ1n) is 6.88. The molecule has 0 spiro atoms. The van der Waals surface area contributed by atoms with Gasteiger partial charge in [0.05, 0.1) is 18.4 Å². The summed E-state index contributed by atoms with van der Waals surface area (Å²) in [5.41, 5.74) is 7.86. The average molecular weight is 262 g/mol. The quantitative estimate of drug-likeness (QED) is 0.672. The number of rotatable bonds is 3. The fourth-order valence-corrected chi connectivity index (χ4v) is 2.68. The number of piperidine rings is 1. The van der Waals surface area contributed by atoms with Gasteiger partial charge in [-0.2, -0.15) is 0 Å². The zero-order chi connectivity index (χ0) is 13.8. The summed E-state index contributed by atoms with van der Waals surface area (Å²) in [5, 5.41) is 0. The smallest absolute Gasteiger partial charge is 0.340 e. The van der Waals surface area contributed by atoms with E-state index in [-0.39, 0.29) is 5.97 Å². The standard InChI is InChI=1S/C15H22N2O2/c1-3-11-6-8-17(9-7-11)14-5-4-12(16)10-13(14)15(18)19-2/h4-5,10-11H,3,6-9,16H2,1-2H3. The molecule has 1 aromatic carbocycles. The lowest BCUT2D eigenvalue weighted by molar-refractivity contribution is 0.0601. The summed E-state index contributed by atoms with van der Waals surface area (Å²) in [6, 6.07) is 5.47. The molecule has 0 radical (unpaired) electrons. The van der Waals surface area contributed by atoms with Gasteiger partial charge in [-0.15, -0.1) is 0 Å². The van der Waals surface area contributed by atoms with Gasteiger partial charge in [0.2, 0.25) is 0 Å². The van der Waals surface area contributed by atoms with Crippen molar-refractivity contribution in [3.05, 3.63) is 23.8 Å². The molecule has 1 heterocycles. The van der Waals surface area contributed by atoms with Gasteiger partial charge < -0.3 is 15.4 Å². The average Bonchev–Trinajstić information content (AvgIpc) is 2.46. The van der Waals surface area contributed by atoms with Gasteiger partial charge in [-0.1, -0.05) is 13.3 Å². The molecule has 1 aliphatic rings. The predicted molar refractivity (Wildman–Crippen MR) is 77.4 cm³/mol. The second kappa shape index (κ2) is 5.95. The van der Waals surface area contributed by atoms with Crippen LogP contribution in [0.25, 0.3) is 0 Å². The number of hydrogen-bond acceptors (Lipinski definition) is 4. The van der Waals surface area contributed by atoms with E-state index in [4.69, 9.17) is 10.5 Å². The highest BCUT2D eigenvalue weighted by Gasteiger charge is 2.22. The maximum Gasteiger partial charge on any atom is 0.340 e. The molecule has 2 N–H and O–H groups in total. The van der Waals surface area contributed by atoms with Crippen LogP contribution < -0.4 is 10.6 Å². The van der Waals surface area contributed by atoms with E-state index in [0.717, 1.165) is 24.7 Å². The van der Waals surface area contributed by atoms with E-state index in [9.17, 15) is 4.79 Å². The Kier molecular flexibility index (Phi) is 4.30. The van der Waals surface area contributed by atoms with Gasteiger partial charge in [-0.25, -0.2) is 4.79 Å². The van der Waals surface area contributed by atoms with Crippen LogP contribution in [0, 0.1) is 5.92 Å². The van der Waals surface area contributed by atoms with Crippen LogP contribution in [0.3, 0.4) is 0 Å². The number of nitrogen functional groups attached to an aromatic ring is 1. The first-order valence-corrected chi connectivity index (χ1v) is 6.88. The Morgan fingerprint density at radius 3 is 2.68 bits per heavy atom. The van der Waals surface area contributed by atoms with Crippen LogP contribution in [0.15, 0.2) is 18.2 Å². The Balaban J connectivity index is 2.22. The number of carbonyl (C=O) groups is 1. The number of anilines is 2. The molecule has 2 rings (SSSR count). The molecule has 0 aromatic heterocycles. The van der Waals surface area contributed by atoms with Gasteiger partial charge in [0, 0.05) is 18.8 Å². The van der Waals surface area contributed by atoms with Crippen LogP contribution in [0.2, 0.25) is 0 Å². The first-order chi connectivity index (χ1) is 9.15. The SMILES string of the molecule is CCC1CCN(c2ccc(N)cc2C(=O)OC)CC1. The second-order valence-corrected chi connectivity index (χ2v) is 5.11. The number of benzene rings is 1. The summed E-state index contributed by atoms with van der Waals surface area (Å²) in [7, 11) is 1.40. The van der Waals surface area contributed by atoms with Gasteiger partial charge >= 0.3 is 5.97 Å². The molecule has 1 aromatic rings. The Bertz CT molecular complexity index is 451. The van der Waals surface area contributed by atoms with Gasteiger partial charge in [0.25, 0.3) is 0 Å². The van der Waals surface area contributed by atoms with E-state index < -0.39 is 0 Å². The molecule has 104 valence electrons. The van der Waals surface area contributed by atoms with E-state index in [2.05, 4.69) is 11.8 Å². The van der Waals surface area contributed by atoms with Crippen LogP contribution in [0.5, 0.6) is 0 Å². The van der Waals surface area contributed by atoms with Crippen molar-refractivity contribution in [3.63, 3.8) is 0 Å². The Labute approximate surface area is 114 Å². The van der Waals surface area contributed by atoms with Crippen molar-refractivity contribution >= 4 is 17.3 Å². The van der Waals surface area contributed by atoms with E-state index in [1.54, 1.807) is 6.07 Å². The zero-order valence-electron chi connectivity index (χ0n) is 11.7. The van der Waals surface area contributed by atoms with Crippen LogP contribution in [0.4, 0.5) is 11.4 Å². The molecule has 4 heteroatoms. The summed E-state index contributed by atoms with van der Waals surface area (Å²) in [5.74, 6) is 0.492. The highest BCUT2D eigenvalue weighted by Crippen LogP contribution is 2.29. The Hall–Kier alpha value is -1.71. The third-order valence-electron chi connectivity index (χ3n) is 3.96. The van der Waals surface area contributed by atoms with Crippen LogP contribution in [-0.4, -0.2) is 26.2 Å². The number of methoxy groups -OCH3 is 1. The van der Waals surface area contributed by atoms with Crippen LogP contribution >= 0.6 is 0 Å². The van der Waals surface area contributed by atoms with Crippen LogP contribution in [-0.2, 0) is 4.74 Å². The molecule has 1 aliphatic heterocycles. The lowest BCUT2D eigenvalue weighted by Gasteiger charge is -2.34. The topological polar surface area (TPSA) is 55.6 Å². The van der Waals surface area contributed by atoms with Crippen molar-refractivity contribution < 1.29 is 9.53 Å². The highest BCUT2D eigenvalue weighted by molar-refractivity contribution is 5.97. The number of carbonyl (C=O) groups excluding carboxylic acids is 1. The molecule has 0 aliphatic carbocycles. The second-order valence-electron chi connectivity index (χ2n) is 5.11. The van der Waals surface area contributed by atoms with Crippen molar-refractivity contribution in [2.75, 3.05) is 30.8 Å².